The van der Waals surface area contributed by atoms with Gasteiger partial charge in [-0.1, -0.05) is 49.3 Å². The maximum atomic E-state index is 8.77. The van der Waals surface area contributed by atoms with E-state index in [1.165, 1.54) is 0 Å². The van der Waals surface area contributed by atoms with Crippen molar-refractivity contribution in [2.45, 2.75) is 51.4 Å². The zero-order chi connectivity index (χ0) is 21.3. The monoisotopic (exact) mass is 412 g/mol. The van der Waals surface area contributed by atoms with Gasteiger partial charge in [0.1, 0.15) is 11.5 Å². The average molecular weight is 413 g/mol. The molecule has 0 aliphatic heterocycles. The molecule has 0 aromatic heterocycles. The lowest BCUT2D eigenvalue weighted by atomic mass is 10.1. The number of aliphatic hydroxyl groups excluding tert-OH is 2. The summed E-state index contributed by atoms with van der Waals surface area (Å²) >= 11 is 0. The number of aliphatic hydroxyl groups is 2. The van der Waals surface area contributed by atoms with E-state index < -0.39 is 0 Å². The third kappa shape index (κ3) is 10.5. The number of ether oxygens (including phenoxy) is 2. The Balaban J connectivity index is 1.68. The van der Waals surface area contributed by atoms with Crippen molar-refractivity contribution < 1.29 is 19.7 Å². The van der Waals surface area contributed by atoms with Crippen LogP contribution in [0.3, 0.4) is 0 Å². The molecule has 0 bridgehead atoms. The Bertz CT molecular complexity index is 630. The molecule has 0 radical (unpaired) electrons. The number of unbranched alkanes of at least 4 members (excludes halogenated alkanes) is 6. The highest BCUT2D eigenvalue weighted by Gasteiger charge is 1.97. The summed E-state index contributed by atoms with van der Waals surface area (Å²) in [4.78, 5) is 0. The minimum absolute atomic E-state index is 0.278. The van der Waals surface area contributed by atoms with Crippen molar-refractivity contribution in [1.29, 1.82) is 0 Å². The van der Waals surface area contributed by atoms with Gasteiger partial charge in [-0.3, -0.25) is 0 Å². The van der Waals surface area contributed by atoms with Crippen molar-refractivity contribution in [3.8, 4) is 11.5 Å². The molecular formula is C26H36O4. The van der Waals surface area contributed by atoms with Crippen molar-refractivity contribution in [3.05, 3.63) is 59.7 Å². The molecule has 2 N–H and O–H groups in total. The van der Waals surface area contributed by atoms with E-state index in [1.54, 1.807) is 0 Å². The molecule has 164 valence electrons. The summed E-state index contributed by atoms with van der Waals surface area (Å²) in [5.74, 6) is 1.79. The SMILES string of the molecule is OCCCCCCOc1ccc(C=Cc2ccc(OCCCCCCO)cc2)cc1. The van der Waals surface area contributed by atoms with Crippen LogP contribution in [0.1, 0.15) is 62.5 Å². The molecular weight excluding hydrogens is 376 g/mol. The zero-order valence-corrected chi connectivity index (χ0v) is 18.0. The molecule has 0 unspecified atom stereocenters. The molecule has 0 aliphatic carbocycles. The fraction of sp³-hybridized carbons (Fsp3) is 0.462. The Kier molecular flexibility index (Phi) is 12.4. The molecule has 0 fully saturated rings. The van der Waals surface area contributed by atoms with E-state index in [0.29, 0.717) is 0 Å². The Morgan fingerprint density at radius 2 is 0.867 bits per heavy atom. The normalized spacial score (nSPS) is 11.1. The van der Waals surface area contributed by atoms with Gasteiger partial charge in [-0.05, 0) is 73.9 Å². The Labute approximate surface area is 181 Å². The predicted molar refractivity (Wildman–Crippen MR) is 124 cm³/mol. The summed E-state index contributed by atoms with van der Waals surface area (Å²) in [5, 5.41) is 17.5. The summed E-state index contributed by atoms with van der Waals surface area (Å²) in [6, 6.07) is 16.3. The Morgan fingerprint density at radius 1 is 0.500 bits per heavy atom. The van der Waals surface area contributed by atoms with Crippen molar-refractivity contribution in [1.82, 2.24) is 0 Å². The van der Waals surface area contributed by atoms with Crippen LogP contribution in [0.2, 0.25) is 0 Å². The standard InChI is InChI=1S/C26H36O4/c27-19-5-1-3-7-21-29-25-15-11-23(12-16-25)9-10-24-13-17-26(18-14-24)30-22-8-4-2-6-20-28/h9-18,27-28H,1-8,19-22H2. The molecule has 0 spiro atoms. The van der Waals surface area contributed by atoms with E-state index in [4.69, 9.17) is 19.7 Å². The third-order valence-corrected chi connectivity index (χ3v) is 4.87. The van der Waals surface area contributed by atoms with Gasteiger partial charge in [0.05, 0.1) is 13.2 Å². The molecule has 4 nitrogen and oxygen atoms in total. The first kappa shape index (κ1) is 24.0. The topological polar surface area (TPSA) is 58.9 Å². The quantitative estimate of drug-likeness (QED) is 0.273. The number of rotatable bonds is 16. The van der Waals surface area contributed by atoms with Gasteiger partial charge < -0.3 is 19.7 Å². The predicted octanol–water partition coefficient (Wildman–Crippen LogP) is 5.72. The first-order valence-corrected chi connectivity index (χ1v) is 11.2. The summed E-state index contributed by atoms with van der Waals surface area (Å²) in [7, 11) is 0. The number of hydrogen-bond acceptors (Lipinski definition) is 4. The van der Waals surface area contributed by atoms with Gasteiger partial charge in [0.2, 0.25) is 0 Å². The van der Waals surface area contributed by atoms with Crippen LogP contribution in [0, 0.1) is 0 Å². The highest BCUT2D eigenvalue weighted by Crippen LogP contribution is 2.17. The highest BCUT2D eigenvalue weighted by molar-refractivity contribution is 5.70. The minimum atomic E-state index is 0.278. The van der Waals surface area contributed by atoms with Crippen molar-refractivity contribution >= 4 is 12.2 Å². The second-order valence-electron chi connectivity index (χ2n) is 7.44. The maximum Gasteiger partial charge on any atom is 0.119 e. The molecule has 2 aromatic carbocycles. The second-order valence-corrected chi connectivity index (χ2v) is 7.44. The lowest BCUT2D eigenvalue weighted by molar-refractivity contribution is 0.273. The summed E-state index contributed by atoms with van der Waals surface area (Å²) in [6.07, 6.45) is 12.3. The highest BCUT2D eigenvalue weighted by atomic mass is 16.5. The van der Waals surface area contributed by atoms with Gasteiger partial charge in [-0.25, -0.2) is 0 Å². The van der Waals surface area contributed by atoms with Crippen LogP contribution in [0.5, 0.6) is 11.5 Å². The van der Waals surface area contributed by atoms with Crippen LogP contribution < -0.4 is 9.47 Å². The molecule has 0 aliphatic rings. The minimum Gasteiger partial charge on any atom is -0.494 e. The number of benzene rings is 2. The Hall–Kier alpha value is -2.30. The molecule has 0 heterocycles. The van der Waals surface area contributed by atoms with Crippen molar-refractivity contribution in [2.24, 2.45) is 0 Å². The van der Waals surface area contributed by atoms with E-state index in [1.807, 2.05) is 24.3 Å². The molecule has 0 saturated carbocycles. The largest absolute Gasteiger partial charge is 0.494 e. The van der Waals surface area contributed by atoms with Crippen LogP contribution >= 0.6 is 0 Å². The molecule has 2 aromatic rings. The van der Waals surface area contributed by atoms with E-state index in [0.717, 1.165) is 87.2 Å². The first-order chi connectivity index (χ1) is 14.8. The van der Waals surface area contributed by atoms with E-state index in [9.17, 15) is 0 Å². The van der Waals surface area contributed by atoms with E-state index in [2.05, 4.69) is 36.4 Å². The van der Waals surface area contributed by atoms with Crippen LogP contribution in [0.25, 0.3) is 12.2 Å². The molecule has 4 heteroatoms. The van der Waals surface area contributed by atoms with Gasteiger partial charge in [0.15, 0.2) is 0 Å². The Morgan fingerprint density at radius 3 is 1.23 bits per heavy atom. The average Bonchev–Trinajstić information content (AvgIpc) is 2.79. The maximum absolute atomic E-state index is 8.77. The van der Waals surface area contributed by atoms with Crippen LogP contribution in [0.15, 0.2) is 48.5 Å². The van der Waals surface area contributed by atoms with Gasteiger partial charge in [-0.15, -0.1) is 0 Å². The van der Waals surface area contributed by atoms with Crippen LogP contribution in [-0.2, 0) is 0 Å². The smallest absolute Gasteiger partial charge is 0.119 e. The summed E-state index contributed by atoms with van der Waals surface area (Å²) in [6.45, 7) is 2.00. The zero-order valence-electron chi connectivity index (χ0n) is 18.0. The van der Waals surface area contributed by atoms with Gasteiger partial charge in [-0.2, -0.15) is 0 Å². The molecule has 0 amide bonds. The first-order valence-electron chi connectivity index (χ1n) is 11.2. The van der Waals surface area contributed by atoms with Gasteiger partial charge in [0.25, 0.3) is 0 Å². The fourth-order valence-electron chi connectivity index (χ4n) is 3.06. The van der Waals surface area contributed by atoms with Gasteiger partial charge >= 0.3 is 0 Å². The molecule has 30 heavy (non-hydrogen) atoms. The lowest BCUT2D eigenvalue weighted by Gasteiger charge is -2.07. The molecule has 0 saturated heterocycles. The lowest BCUT2D eigenvalue weighted by Crippen LogP contribution is -1.97. The van der Waals surface area contributed by atoms with Crippen LogP contribution in [0.4, 0.5) is 0 Å². The molecule has 2 rings (SSSR count). The van der Waals surface area contributed by atoms with Crippen molar-refractivity contribution in [3.63, 3.8) is 0 Å². The van der Waals surface area contributed by atoms with E-state index >= 15 is 0 Å². The van der Waals surface area contributed by atoms with Gasteiger partial charge in [0, 0.05) is 13.2 Å². The molecule has 0 atom stereocenters. The van der Waals surface area contributed by atoms with Crippen molar-refractivity contribution in [2.75, 3.05) is 26.4 Å². The van der Waals surface area contributed by atoms with E-state index in [-0.39, 0.29) is 13.2 Å². The van der Waals surface area contributed by atoms with Crippen LogP contribution in [-0.4, -0.2) is 36.6 Å². The summed E-state index contributed by atoms with van der Waals surface area (Å²) < 4.78 is 11.5. The summed E-state index contributed by atoms with van der Waals surface area (Å²) in [5.41, 5.74) is 2.27. The third-order valence-electron chi connectivity index (χ3n) is 4.87. The number of hydrogen-bond donors (Lipinski definition) is 2. The fourth-order valence-corrected chi connectivity index (χ4v) is 3.06. The second kappa shape index (κ2) is 15.5.